The Morgan fingerprint density at radius 3 is 2.84 bits per heavy atom. The molecule has 0 saturated heterocycles. The van der Waals surface area contributed by atoms with Crippen LogP contribution in [-0.4, -0.2) is 10.1 Å². The standard InChI is InChI=1S/C13H10FN3OS/c1-7-5-10(11(15)19-7)13-16-12(17-18-13)8-3-2-4-9(14)6-8/h2-6H,15H2,1H3. The quantitative estimate of drug-likeness (QED) is 0.777. The van der Waals surface area contributed by atoms with Gasteiger partial charge in [-0.05, 0) is 25.1 Å². The zero-order valence-electron chi connectivity index (χ0n) is 10.1. The van der Waals surface area contributed by atoms with E-state index >= 15 is 0 Å². The maximum atomic E-state index is 13.1. The minimum absolute atomic E-state index is 0.338. The number of rotatable bonds is 2. The average molecular weight is 275 g/mol. The number of nitrogen functional groups attached to an aromatic ring is 1. The predicted octanol–water partition coefficient (Wildman–Crippen LogP) is 3.49. The largest absolute Gasteiger partial charge is 0.390 e. The second-order valence-electron chi connectivity index (χ2n) is 4.07. The van der Waals surface area contributed by atoms with E-state index in [1.54, 1.807) is 12.1 Å². The van der Waals surface area contributed by atoms with Crippen molar-refractivity contribution in [2.75, 3.05) is 5.73 Å². The van der Waals surface area contributed by atoms with Gasteiger partial charge in [-0.3, -0.25) is 0 Å². The molecule has 0 aliphatic rings. The third-order valence-electron chi connectivity index (χ3n) is 2.62. The molecule has 19 heavy (non-hydrogen) atoms. The first-order chi connectivity index (χ1) is 9.13. The molecule has 96 valence electrons. The summed E-state index contributed by atoms with van der Waals surface area (Å²) in [5.74, 6) is 0.355. The molecule has 4 nitrogen and oxygen atoms in total. The Labute approximate surface area is 112 Å². The van der Waals surface area contributed by atoms with Gasteiger partial charge in [0.15, 0.2) is 0 Å². The van der Waals surface area contributed by atoms with Crippen LogP contribution in [0.5, 0.6) is 0 Å². The molecular formula is C13H10FN3OS. The van der Waals surface area contributed by atoms with Gasteiger partial charge in [-0.25, -0.2) is 4.39 Å². The van der Waals surface area contributed by atoms with Crippen LogP contribution >= 0.6 is 11.3 Å². The van der Waals surface area contributed by atoms with Gasteiger partial charge in [-0.2, -0.15) is 4.98 Å². The van der Waals surface area contributed by atoms with Gasteiger partial charge < -0.3 is 10.3 Å². The van der Waals surface area contributed by atoms with Crippen LogP contribution in [0.1, 0.15) is 4.88 Å². The molecule has 0 unspecified atom stereocenters. The Bertz CT molecular complexity index is 735. The SMILES string of the molecule is Cc1cc(-c2nc(-c3cccc(F)c3)no2)c(N)s1. The van der Waals surface area contributed by atoms with Crippen molar-refractivity contribution < 1.29 is 8.91 Å². The van der Waals surface area contributed by atoms with Gasteiger partial charge in [0.05, 0.1) is 10.6 Å². The number of benzene rings is 1. The van der Waals surface area contributed by atoms with Crippen molar-refractivity contribution in [3.63, 3.8) is 0 Å². The molecule has 0 bridgehead atoms. The Morgan fingerprint density at radius 1 is 1.32 bits per heavy atom. The summed E-state index contributed by atoms with van der Waals surface area (Å²) in [4.78, 5) is 5.32. The summed E-state index contributed by atoms with van der Waals surface area (Å²) in [5, 5.41) is 4.48. The van der Waals surface area contributed by atoms with Gasteiger partial charge in [-0.1, -0.05) is 17.3 Å². The van der Waals surface area contributed by atoms with E-state index in [-0.39, 0.29) is 5.82 Å². The number of nitrogens with two attached hydrogens (primary N) is 1. The van der Waals surface area contributed by atoms with Crippen LogP contribution in [0.2, 0.25) is 0 Å². The molecule has 0 atom stereocenters. The van der Waals surface area contributed by atoms with Gasteiger partial charge >= 0.3 is 0 Å². The molecule has 3 rings (SSSR count). The van der Waals surface area contributed by atoms with E-state index < -0.39 is 0 Å². The van der Waals surface area contributed by atoms with Gasteiger partial charge in [0, 0.05) is 10.4 Å². The van der Waals surface area contributed by atoms with Crippen molar-refractivity contribution in [2.24, 2.45) is 0 Å². The summed E-state index contributed by atoms with van der Waals surface area (Å²) in [6.45, 7) is 1.95. The zero-order chi connectivity index (χ0) is 13.4. The van der Waals surface area contributed by atoms with Crippen molar-refractivity contribution in [1.82, 2.24) is 10.1 Å². The lowest BCUT2D eigenvalue weighted by molar-refractivity contribution is 0.432. The molecule has 0 amide bonds. The Kier molecular flexibility index (Phi) is 2.79. The van der Waals surface area contributed by atoms with Gasteiger partial charge in [0.1, 0.15) is 5.82 Å². The van der Waals surface area contributed by atoms with Gasteiger partial charge in [-0.15, -0.1) is 11.3 Å². The van der Waals surface area contributed by atoms with E-state index in [1.165, 1.54) is 23.5 Å². The second kappa shape index (κ2) is 4.47. The highest BCUT2D eigenvalue weighted by Gasteiger charge is 2.15. The van der Waals surface area contributed by atoms with E-state index in [0.29, 0.717) is 22.3 Å². The number of hydrogen-bond acceptors (Lipinski definition) is 5. The Hall–Kier alpha value is -2.21. The first-order valence-corrected chi connectivity index (χ1v) is 6.41. The van der Waals surface area contributed by atoms with Crippen molar-refractivity contribution in [1.29, 1.82) is 0 Å². The fourth-order valence-corrected chi connectivity index (χ4v) is 2.56. The van der Waals surface area contributed by atoms with E-state index in [4.69, 9.17) is 10.3 Å². The fraction of sp³-hybridized carbons (Fsp3) is 0.0769. The lowest BCUT2D eigenvalue weighted by Crippen LogP contribution is -1.84. The number of anilines is 1. The molecule has 2 heterocycles. The first kappa shape index (κ1) is 11.9. The maximum Gasteiger partial charge on any atom is 0.261 e. The van der Waals surface area contributed by atoms with Crippen molar-refractivity contribution in [3.8, 4) is 22.8 Å². The van der Waals surface area contributed by atoms with Gasteiger partial charge in [0.25, 0.3) is 5.89 Å². The number of hydrogen-bond donors (Lipinski definition) is 1. The topological polar surface area (TPSA) is 64.9 Å². The summed E-state index contributed by atoms with van der Waals surface area (Å²) in [6, 6.07) is 7.94. The molecule has 0 fully saturated rings. The fourth-order valence-electron chi connectivity index (χ4n) is 1.78. The van der Waals surface area contributed by atoms with Crippen LogP contribution < -0.4 is 5.73 Å². The minimum Gasteiger partial charge on any atom is -0.390 e. The zero-order valence-corrected chi connectivity index (χ0v) is 10.9. The molecule has 0 aliphatic heterocycles. The van der Waals surface area contributed by atoms with E-state index in [2.05, 4.69) is 10.1 Å². The van der Waals surface area contributed by atoms with Gasteiger partial charge in [0.2, 0.25) is 5.82 Å². The van der Waals surface area contributed by atoms with Crippen LogP contribution in [0.25, 0.3) is 22.8 Å². The third kappa shape index (κ3) is 2.22. The highest BCUT2D eigenvalue weighted by molar-refractivity contribution is 7.16. The highest BCUT2D eigenvalue weighted by atomic mass is 32.1. The Balaban J connectivity index is 2.02. The van der Waals surface area contributed by atoms with Crippen molar-refractivity contribution >= 4 is 16.3 Å². The maximum absolute atomic E-state index is 13.1. The molecule has 2 aromatic heterocycles. The number of aromatic nitrogens is 2. The normalized spacial score (nSPS) is 10.8. The average Bonchev–Trinajstić information content (AvgIpc) is 2.96. The number of aryl methyl sites for hydroxylation is 1. The molecule has 2 N–H and O–H groups in total. The molecule has 1 aromatic carbocycles. The minimum atomic E-state index is -0.338. The van der Waals surface area contributed by atoms with Crippen molar-refractivity contribution in [2.45, 2.75) is 6.92 Å². The van der Waals surface area contributed by atoms with Crippen LogP contribution in [0.15, 0.2) is 34.9 Å². The molecule has 0 aliphatic carbocycles. The first-order valence-electron chi connectivity index (χ1n) is 5.59. The van der Waals surface area contributed by atoms with Crippen LogP contribution in [0.4, 0.5) is 9.39 Å². The lowest BCUT2D eigenvalue weighted by atomic mass is 10.2. The number of thiophene rings is 1. The lowest BCUT2D eigenvalue weighted by Gasteiger charge is -1.93. The summed E-state index contributed by atoms with van der Waals surface area (Å²) >= 11 is 1.46. The molecule has 6 heteroatoms. The number of nitrogens with zero attached hydrogens (tertiary/aromatic N) is 2. The molecule has 3 aromatic rings. The second-order valence-corrected chi connectivity index (χ2v) is 5.36. The number of halogens is 1. The monoisotopic (exact) mass is 275 g/mol. The Morgan fingerprint density at radius 2 is 2.16 bits per heavy atom. The van der Waals surface area contributed by atoms with E-state index in [9.17, 15) is 4.39 Å². The van der Waals surface area contributed by atoms with Crippen molar-refractivity contribution in [3.05, 3.63) is 41.0 Å². The predicted molar refractivity (Wildman–Crippen MR) is 72.2 cm³/mol. The highest BCUT2D eigenvalue weighted by Crippen LogP contribution is 2.33. The molecule has 0 saturated carbocycles. The summed E-state index contributed by atoms with van der Waals surface area (Å²) in [7, 11) is 0. The van der Waals surface area contributed by atoms with Crippen LogP contribution in [0.3, 0.4) is 0 Å². The molecule has 0 spiro atoms. The summed E-state index contributed by atoms with van der Waals surface area (Å²) < 4.78 is 18.3. The van der Waals surface area contributed by atoms with Crippen LogP contribution in [-0.2, 0) is 0 Å². The third-order valence-corrected chi connectivity index (χ3v) is 3.50. The van der Waals surface area contributed by atoms with E-state index in [0.717, 1.165) is 10.4 Å². The smallest absolute Gasteiger partial charge is 0.261 e. The molecular weight excluding hydrogens is 265 g/mol. The van der Waals surface area contributed by atoms with Crippen LogP contribution in [0, 0.1) is 12.7 Å². The summed E-state index contributed by atoms with van der Waals surface area (Å²) in [5.41, 5.74) is 7.17. The van der Waals surface area contributed by atoms with E-state index in [1.807, 2.05) is 13.0 Å². The summed E-state index contributed by atoms with van der Waals surface area (Å²) in [6.07, 6.45) is 0. The molecule has 0 radical (unpaired) electrons.